The second kappa shape index (κ2) is 9.88. The smallest absolute Gasteiger partial charge is 0.228 e. The van der Waals surface area contributed by atoms with Gasteiger partial charge >= 0.3 is 0 Å². The van der Waals surface area contributed by atoms with Crippen LogP contribution in [0, 0.1) is 0 Å². The predicted octanol–water partition coefficient (Wildman–Crippen LogP) is 9.53. The quantitative estimate of drug-likeness (QED) is 0.256. The van der Waals surface area contributed by atoms with Crippen molar-refractivity contribution >= 4 is 33.3 Å². The highest BCUT2D eigenvalue weighted by molar-refractivity contribution is 5.95. The maximum absolute atomic E-state index is 5.09. The van der Waals surface area contributed by atoms with Crippen LogP contribution in [0.3, 0.4) is 0 Å². The van der Waals surface area contributed by atoms with Crippen molar-refractivity contribution in [3.63, 3.8) is 0 Å². The molecule has 184 valence electrons. The number of benzene rings is 6. The molecular formula is C36H25N3. The van der Waals surface area contributed by atoms with Gasteiger partial charge < -0.3 is 5.32 Å². The first-order valence-corrected chi connectivity index (χ1v) is 13.1. The van der Waals surface area contributed by atoms with Gasteiger partial charge in [-0.15, -0.1) is 0 Å². The molecule has 0 radical (unpaired) electrons. The molecule has 7 rings (SSSR count). The maximum Gasteiger partial charge on any atom is 0.228 e. The Balaban J connectivity index is 1.40. The standard InChI is InChI=1S/C36H25N3/c1-3-11-25(12-4-1)29-21-30(26-13-5-2-6-14-26)23-31(22-29)35-33-17-9-10-18-34(33)38-36(39-35)37-32-20-19-27-15-7-8-16-28(27)24-32/h1-24H,(H,37,38,39). The van der Waals surface area contributed by atoms with E-state index in [-0.39, 0.29) is 0 Å². The summed E-state index contributed by atoms with van der Waals surface area (Å²) in [5.74, 6) is 0.574. The SMILES string of the molecule is c1ccc(-c2cc(-c3ccccc3)cc(-c3nc(Nc4ccc5ccccc5c4)nc4ccccc34)c2)cc1. The number of para-hydroxylation sites is 1. The summed E-state index contributed by atoms with van der Waals surface area (Å²) in [6.45, 7) is 0. The van der Waals surface area contributed by atoms with Crippen LogP contribution >= 0.6 is 0 Å². The lowest BCUT2D eigenvalue weighted by atomic mass is 9.94. The number of anilines is 2. The molecular weight excluding hydrogens is 474 g/mol. The van der Waals surface area contributed by atoms with Crippen LogP contribution in [0.25, 0.3) is 55.2 Å². The first kappa shape index (κ1) is 22.9. The molecule has 0 aliphatic heterocycles. The van der Waals surface area contributed by atoms with Crippen LogP contribution in [-0.4, -0.2) is 9.97 Å². The lowest BCUT2D eigenvalue weighted by molar-refractivity contribution is 1.22. The molecule has 7 aromatic rings. The molecule has 6 aromatic carbocycles. The van der Waals surface area contributed by atoms with Gasteiger partial charge in [0.1, 0.15) is 0 Å². The van der Waals surface area contributed by atoms with Crippen molar-refractivity contribution in [3.8, 4) is 33.5 Å². The number of fused-ring (bicyclic) bond motifs is 2. The zero-order valence-corrected chi connectivity index (χ0v) is 21.3. The highest BCUT2D eigenvalue weighted by atomic mass is 15.1. The number of nitrogens with one attached hydrogen (secondary N) is 1. The van der Waals surface area contributed by atoms with E-state index < -0.39 is 0 Å². The second-order valence-electron chi connectivity index (χ2n) is 9.63. The fraction of sp³-hybridized carbons (Fsp3) is 0. The van der Waals surface area contributed by atoms with E-state index in [9.17, 15) is 0 Å². The summed E-state index contributed by atoms with van der Waals surface area (Å²) < 4.78 is 0. The van der Waals surface area contributed by atoms with Crippen LogP contribution in [0.15, 0.2) is 146 Å². The Bertz CT molecular complexity index is 1870. The second-order valence-corrected chi connectivity index (χ2v) is 9.63. The van der Waals surface area contributed by atoms with Crippen LogP contribution < -0.4 is 5.32 Å². The highest BCUT2D eigenvalue weighted by Crippen LogP contribution is 2.35. The summed E-state index contributed by atoms with van der Waals surface area (Å²) in [5.41, 5.74) is 8.45. The third-order valence-corrected chi connectivity index (χ3v) is 7.03. The fourth-order valence-electron chi connectivity index (χ4n) is 5.11. The van der Waals surface area contributed by atoms with Gasteiger partial charge in [-0.1, -0.05) is 109 Å². The minimum absolute atomic E-state index is 0.574. The first-order valence-electron chi connectivity index (χ1n) is 13.1. The average Bonchev–Trinajstić information content (AvgIpc) is 3.01. The summed E-state index contributed by atoms with van der Waals surface area (Å²) >= 11 is 0. The minimum atomic E-state index is 0.574. The Morgan fingerprint density at radius 3 is 1.72 bits per heavy atom. The van der Waals surface area contributed by atoms with Gasteiger partial charge in [-0.05, 0) is 69.4 Å². The Morgan fingerprint density at radius 1 is 0.410 bits per heavy atom. The summed E-state index contributed by atoms with van der Waals surface area (Å²) in [4.78, 5) is 9.97. The van der Waals surface area contributed by atoms with Gasteiger partial charge in [0.25, 0.3) is 0 Å². The molecule has 3 heteroatoms. The molecule has 0 aliphatic rings. The Kier molecular flexibility index (Phi) is 5.80. The van der Waals surface area contributed by atoms with Crippen LogP contribution in [-0.2, 0) is 0 Å². The molecule has 0 unspecified atom stereocenters. The minimum Gasteiger partial charge on any atom is -0.324 e. The van der Waals surface area contributed by atoms with Crippen LogP contribution in [0.4, 0.5) is 11.6 Å². The first-order chi connectivity index (χ1) is 19.3. The van der Waals surface area contributed by atoms with E-state index in [0.29, 0.717) is 5.95 Å². The zero-order valence-electron chi connectivity index (χ0n) is 21.3. The van der Waals surface area contributed by atoms with Gasteiger partial charge in [0.05, 0.1) is 11.2 Å². The van der Waals surface area contributed by atoms with Crippen molar-refractivity contribution in [2.75, 3.05) is 5.32 Å². The third kappa shape index (κ3) is 4.62. The normalized spacial score (nSPS) is 11.1. The molecule has 0 spiro atoms. The molecule has 1 N–H and O–H groups in total. The summed E-state index contributed by atoms with van der Waals surface area (Å²) in [6.07, 6.45) is 0. The lowest BCUT2D eigenvalue weighted by Crippen LogP contribution is -2.00. The van der Waals surface area contributed by atoms with Crippen molar-refractivity contribution in [1.29, 1.82) is 0 Å². The average molecular weight is 500 g/mol. The fourth-order valence-corrected chi connectivity index (χ4v) is 5.11. The molecule has 0 atom stereocenters. The van der Waals surface area contributed by atoms with E-state index in [0.717, 1.165) is 39.0 Å². The van der Waals surface area contributed by atoms with Gasteiger partial charge in [0.15, 0.2) is 0 Å². The number of rotatable bonds is 5. The third-order valence-electron chi connectivity index (χ3n) is 7.03. The van der Waals surface area contributed by atoms with E-state index in [1.807, 2.05) is 30.3 Å². The van der Waals surface area contributed by atoms with E-state index >= 15 is 0 Å². The van der Waals surface area contributed by atoms with E-state index in [1.54, 1.807) is 0 Å². The van der Waals surface area contributed by atoms with Crippen LogP contribution in [0.2, 0.25) is 0 Å². The van der Waals surface area contributed by atoms with Crippen molar-refractivity contribution in [3.05, 3.63) is 146 Å². The summed E-state index contributed by atoms with van der Waals surface area (Å²) in [5, 5.41) is 6.86. The molecule has 1 aromatic heterocycles. The topological polar surface area (TPSA) is 37.8 Å². The molecule has 3 nitrogen and oxygen atoms in total. The number of hydrogen-bond donors (Lipinski definition) is 1. The Labute approximate surface area is 227 Å². The van der Waals surface area contributed by atoms with Gasteiger partial charge in [0, 0.05) is 16.6 Å². The largest absolute Gasteiger partial charge is 0.324 e. The number of hydrogen-bond acceptors (Lipinski definition) is 3. The maximum atomic E-state index is 5.09. The van der Waals surface area contributed by atoms with Gasteiger partial charge in [-0.2, -0.15) is 0 Å². The van der Waals surface area contributed by atoms with Crippen molar-refractivity contribution in [2.45, 2.75) is 0 Å². The van der Waals surface area contributed by atoms with E-state index in [2.05, 4.69) is 121 Å². The van der Waals surface area contributed by atoms with Gasteiger partial charge in [-0.3, -0.25) is 0 Å². The molecule has 0 aliphatic carbocycles. The molecule has 39 heavy (non-hydrogen) atoms. The molecule has 0 saturated carbocycles. The van der Waals surface area contributed by atoms with E-state index in [1.165, 1.54) is 21.9 Å². The van der Waals surface area contributed by atoms with Crippen molar-refractivity contribution < 1.29 is 0 Å². The van der Waals surface area contributed by atoms with Crippen molar-refractivity contribution in [1.82, 2.24) is 9.97 Å². The summed E-state index contributed by atoms with van der Waals surface area (Å²) in [6, 6.07) is 50.6. The van der Waals surface area contributed by atoms with E-state index in [4.69, 9.17) is 9.97 Å². The lowest BCUT2D eigenvalue weighted by Gasteiger charge is -2.14. The van der Waals surface area contributed by atoms with Crippen molar-refractivity contribution in [2.24, 2.45) is 0 Å². The van der Waals surface area contributed by atoms with Gasteiger partial charge in [-0.25, -0.2) is 9.97 Å². The van der Waals surface area contributed by atoms with Gasteiger partial charge in [0.2, 0.25) is 5.95 Å². The zero-order chi connectivity index (χ0) is 26.0. The molecule has 0 bridgehead atoms. The molecule has 1 heterocycles. The Morgan fingerprint density at radius 2 is 1.00 bits per heavy atom. The predicted molar refractivity (Wildman–Crippen MR) is 163 cm³/mol. The Hall–Kier alpha value is -5.28. The van der Waals surface area contributed by atoms with Crippen LogP contribution in [0.5, 0.6) is 0 Å². The molecule has 0 fully saturated rings. The summed E-state index contributed by atoms with van der Waals surface area (Å²) in [7, 11) is 0. The number of aromatic nitrogens is 2. The molecule has 0 amide bonds. The van der Waals surface area contributed by atoms with Crippen LogP contribution in [0.1, 0.15) is 0 Å². The number of nitrogens with zero attached hydrogens (tertiary/aromatic N) is 2. The molecule has 0 saturated heterocycles. The highest BCUT2D eigenvalue weighted by Gasteiger charge is 2.14. The monoisotopic (exact) mass is 499 g/mol.